The van der Waals surface area contributed by atoms with Crippen molar-refractivity contribution in [3.63, 3.8) is 0 Å². The summed E-state index contributed by atoms with van der Waals surface area (Å²) in [6.07, 6.45) is 2.60. The molecule has 0 bridgehead atoms. The molecule has 0 heterocycles. The molecule has 1 aromatic rings. The van der Waals surface area contributed by atoms with E-state index in [1.807, 2.05) is 0 Å². The van der Waals surface area contributed by atoms with Crippen LogP contribution in [0.1, 0.15) is 54.2 Å². The van der Waals surface area contributed by atoms with Crippen LogP contribution in [0.3, 0.4) is 0 Å². The van der Waals surface area contributed by atoms with Gasteiger partial charge in [0.25, 0.3) is 0 Å². The van der Waals surface area contributed by atoms with Crippen molar-refractivity contribution in [2.24, 2.45) is 0 Å². The first-order valence-electron chi connectivity index (χ1n) is 7.34. The summed E-state index contributed by atoms with van der Waals surface area (Å²) < 4.78 is 0. The fraction of sp³-hybridized carbons (Fsp3) is 0.667. The van der Waals surface area contributed by atoms with Crippen LogP contribution in [-0.2, 0) is 6.42 Å². The lowest BCUT2D eigenvalue weighted by Gasteiger charge is -2.29. The molecule has 0 nitrogen and oxygen atoms in total. The zero-order chi connectivity index (χ0) is 15.0. The Morgan fingerprint density at radius 1 is 0.737 bits per heavy atom. The van der Waals surface area contributed by atoms with Crippen LogP contribution in [0.4, 0.5) is 0 Å². The van der Waals surface area contributed by atoms with Crippen molar-refractivity contribution in [3.05, 3.63) is 33.4 Å². The molecule has 0 amide bonds. The monoisotopic (exact) mass is 278 g/mol. The van der Waals surface area contributed by atoms with Gasteiger partial charge in [0.15, 0.2) is 0 Å². The highest BCUT2D eigenvalue weighted by Gasteiger charge is 2.20. The van der Waals surface area contributed by atoms with E-state index in [1.165, 1.54) is 40.4 Å². The van der Waals surface area contributed by atoms with Gasteiger partial charge in [0.1, 0.15) is 0 Å². The van der Waals surface area contributed by atoms with E-state index in [4.69, 9.17) is 0 Å². The molecule has 19 heavy (non-hydrogen) atoms. The zero-order valence-electron chi connectivity index (χ0n) is 14.4. The summed E-state index contributed by atoms with van der Waals surface area (Å²) in [6, 6.07) is 0. The van der Waals surface area contributed by atoms with E-state index < -0.39 is 0 Å². The van der Waals surface area contributed by atoms with Gasteiger partial charge >= 0.3 is 0 Å². The molecular weight excluding hydrogens is 247 g/mol. The highest BCUT2D eigenvalue weighted by Crippen LogP contribution is 2.46. The Labute approximate surface area is 121 Å². The normalized spacial score (nSPS) is 13.7. The summed E-state index contributed by atoms with van der Waals surface area (Å²) in [7, 11) is 0.103. The first-order chi connectivity index (χ1) is 8.57. The SMILES string of the molecule is Cc1c(C)c(C)c(CCP(C)C(C)(C)C)c(C)c1C. The van der Waals surface area contributed by atoms with E-state index >= 15 is 0 Å². The van der Waals surface area contributed by atoms with Crippen LogP contribution in [-0.4, -0.2) is 18.0 Å². The molecule has 0 N–H and O–H groups in total. The minimum Gasteiger partial charge on any atom is -0.104 e. The third kappa shape index (κ3) is 3.60. The van der Waals surface area contributed by atoms with Gasteiger partial charge in [-0.25, -0.2) is 0 Å². The molecule has 0 aromatic heterocycles. The summed E-state index contributed by atoms with van der Waals surface area (Å²) in [5, 5.41) is 0.478. The van der Waals surface area contributed by atoms with E-state index in [0.29, 0.717) is 5.16 Å². The van der Waals surface area contributed by atoms with Crippen molar-refractivity contribution in [2.45, 2.75) is 67.0 Å². The molecule has 0 aliphatic carbocycles. The predicted octanol–water partition coefficient (Wildman–Crippen LogP) is 5.68. The average molecular weight is 278 g/mol. The zero-order valence-corrected chi connectivity index (χ0v) is 15.3. The molecule has 1 heteroatoms. The van der Waals surface area contributed by atoms with Crippen LogP contribution in [0.2, 0.25) is 0 Å². The standard InChI is InChI=1S/C18H31P/c1-12-13(2)15(4)17(16(5)14(12)3)10-11-19(9)18(6,7)8/h10-11H2,1-9H3. The van der Waals surface area contributed by atoms with Gasteiger partial charge in [-0.2, -0.15) is 0 Å². The van der Waals surface area contributed by atoms with Crippen LogP contribution in [0.5, 0.6) is 0 Å². The Kier molecular flexibility index (Phi) is 5.24. The number of hydrogen-bond acceptors (Lipinski definition) is 0. The predicted molar refractivity (Wildman–Crippen MR) is 91.3 cm³/mol. The Balaban J connectivity index is 3.03. The molecule has 1 rings (SSSR count). The van der Waals surface area contributed by atoms with Crippen LogP contribution in [0.15, 0.2) is 0 Å². The fourth-order valence-electron chi connectivity index (χ4n) is 2.57. The van der Waals surface area contributed by atoms with Crippen molar-refractivity contribution in [1.29, 1.82) is 0 Å². The highest BCUT2D eigenvalue weighted by atomic mass is 31.1. The van der Waals surface area contributed by atoms with Gasteiger partial charge in [0, 0.05) is 0 Å². The van der Waals surface area contributed by atoms with Crippen molar-refractivity contribution in [1.82, 2.24) is 0 Å². The molecule has 0 aliphatic heterocycles. The maximum atomic E-state index is 2.45. The maximum absolute atomic E-state index is 2.45. The molecular formula is C18H31P. The Hall–Kier alpha value is -0.350. The van der Waals surface area contributed by atoms with Gasteiger partial charge in [-0.1, -0.05) is 20.8 Å². The molecule has 108 valence electrons. The quantitative estimate of drug-likeness (QED) is 0.624. The number of hydrogen-bond donors (Lipinski definition) is 0. The Morgan fingerprint density at radius 3 is 1.47 bits per heavy atom. The lowest BCUT2D eigenvalue weighted by atomic mass is 9.88. The van der Waals surface area contributed by atoms with Gasteiger partial charge in [-0.3, -0.25) is 0 Å². The van der Waals surface area contributed by atoms with E-state index in [-0.39, 0.29) is 7.92 Å². The second-order valence-electron chi connectivity index (χ2n) is 6.95. The second-order valence-corrected chi connectivity index (χ2v) is 10.1. The van der Waals surface area contributed by atoms with Crippen molar-refractivity contribution >= 4 is 7.92 Å². The number of benzene rings is 1. The van der Waals surface area contributed by atoms with Gasteiger partial charge in [0.05, 0.1) is 0 Å². The van der Waals surface area contributed by atoms with Crippen LogP contribution in [0.25, 0.3) is 0 Å². The summed E-state index contributed by atoms with van der Waals surface area (Å²) in [5.74, 6) is 0. The molecule has 0 saturated carbocycles. The minimum atomic E-state index is 0.103. The van der Waals surface area contributed by atoms with Crippen LogP contribution >= 0.6 is 7.92 Å². The first-order valence-corrected chi connectivity index (χ1v) is 9.31. The summed E-state index contributed by atoms with van der Waals surface area (Å²) >= 11 is 0. The van der Waals surface area contributed by atoms with Gasteiger partial charge < -0.3 is 0 Å². The van der Waals surface area contributed by atoms with Crippen molar-refractivity contribution in [2.75, 3.05) is 12.8 Å². The van der Waals surface area contributed by atoms with E-state index in [1.54, 1.807) is 5.56 Å². The molecule has 1 unspecified atom stereocenters. The molecule has 0 radical (unpaired) electrons. The van der Waals surface area contributed by atoms with E-state index in [2.05, 4.69) is 62.1 Å². The summed E-state index contributed by atoms with van der Waals surface area (Å²) in [6.45, 7) is 21.0. The average Bonchev–Trinajstić information content (AvgIpc) is 2.32. The number of rotatable bonds is 3. The lowest BCUT2D eigenvalue weighted by Crippen LogP contribution is -2.14. The van der Waals surface area contributed by atoms with Crippen molar-refractivity contribution in [3.8, 4) is 0 Å². The largest absolute Gasteiger partial charge is 0.104 e. The fourth-order valence-corrected chi connectivity index (χ4v) is 3.80. The minimum absolute atomic E-state index is 0.103. The molecule has 1 aromatic carbocycles. The first kappa shape index (κ1) is 16.7. The molecule has 1 atom stereocenters. The van der Waals surface area contributed by atoms with Crippen LogP contribution in [0, 0.1) is 34.6 Å². The van der Waals surface area contributed by atoms with Gasteiger partial charge in [-0.15, -0.1) is 7.92 Å². The van der Waals surface area contributed by atoms with E-state index in [0.717, 1.165) is 0 Å². The molecule has 0 saturated heterocycles. The third-order valence-electron chi connectivity index (χ3n) is 5.00. The highest BCUT2D eigenvalue weighted by molar-refractivity contribution is 7.58. The topological polar surface area (TPSA) is 0 Å². The third-order valence-corrected chi connectivity index (χ3v) is 8.18. The lowest BCUT2D eigenvalue weighted by molar-refractivity contribution is 0.781. The van der Waals surface area contributed by atoms with E-state index in [9.17, 15) is 0 Å². The summed E-state index contributed by atoms with van der Waals surface area (Å²) in [4.78, 5) is 0. The van der Waals surface area contributed by atoms with Gasteiger partial charge in [0.2, 0.25) is 0 Å². The Bertz CT molecular complexity index is 435. The molecule has 0 aliphatic rings. The molecule has 0 fully saturated rings. The van der Waals surface area contributed by atoms with Crippen molar-refractivity contribution < 1.29 is 0 Å². The molecule has 0 spiro atoms. The Morgan fingerprint density at radius 2 is 1.11 bits per heavy atom. The summed E-state index contributed by atoms with van der Waals surface area (Å²) in [5.41, 5.74) is 9.13. The van der Waals surface area contributed by atoms with Crippen LogP contribution < -0.4 is 0 Å². The second kappa shape index (κ2) is 5.96. The van der Waals surface area contributed by atoms with Gasteiger partial charge in [-0.05, 0) is 92.4 Å². The maximum Gasteiger partial charge on any atom is -0.0182 e. The smallest absolute Gasteiger partial charge is 0.0182 e.